The summed E-state index contributed by atoms with van der Waals surface area (Å²) >= 11 is 0. The van der Waals surface area contributed by atoms with E-state index in [2.05, 4.69) is 5.32 Å². The smallest absolute Gasteiger partial charge is 0.251 e. The molecule has 4 heteroatoms. The first-order valence-corrected chi connectivity index (χ1v) is 7.37. The Morgan fingerprint density at radius 1 is 1.23 bits per heavy atom. The van der Waals surface area contributed by atoms with Crippen LogP contribution in [0.15, 0.2) is 54.6 Å². The molecule has 4 nitrogen and oxygen atoms in total. The summed E-state index contributed by atoms with van der Waals surface area (Å²) in [5.74, 6) is 0.538. The lowest BCUT2D eigenvalue weighted by Gasteiger charge is -2.38. The molecule has 0 bridgehead atoms. The van der Waals surface area contributed by atoms with Crippen LogP contribution >= 0.6 is 0 Å². The molecule has 1 aliphatic heterocycles. The van der Waals surface area contributed by atoms with Gasteiger partial charge in [-0.15, -0.1) is 0 Å². The number of aliphatic hydroxyl groups excluding tert-OH is 1. The van der Waals surface area contributed by atoms with Gasteiger partial charge in [0.2, 0.25) is 0 Å². The second-order valence-corrected chi connectivity index (χ2v) is 5.86. The molecule has 2 aromatic carbocycles. The van der Waals surface area contributed by atoms with Crippen molar-refractivity contribution < 1.29 is 14.6 Å². The van der Waals surface area contributed by atoms with Crippen molar-refractivity contribution in [1.82, 2.24) is 5.32 Å². The number of rotatable bonds is 3. The van der Waals surface area contributed by atoms with Crippen LogP contribution in [0.25, 0.3) is 0 Å². The molecular weight excluding hydrogens is 278 g/mol. The van der Waals surface area contributed by atoms with Crippen LogP contribution in [-0.2, 0) is 0 Å². The Balaban J connectivity index is 1.69. The molecule has 3 rings (SSSR count). The van der Waals surface area contributed by atoms with E-state index in [0.29, 0.717) is 24.3 Å². The summed E-state index contributed by atoms with van der Waals surface area (Å²) in [5, 5.41) is 13.2. The van der Waals surface area contributed by atoms with Gasteiger partial charge in [-0.05, 0) is 25.1 Å². The number of nitrogens with one attached hydrogen (secondary N) is 1. The van der Waals surface area contributed by atoms with Gasteiger partial charge in [-0.25, -0.2) is 0 Å². The molecule has 0 aliphatic carbocycles. The monoisotopic (exact) mass is 297 g/mol. The third-order valence-electron chi connectivity index (χ3n) is 3.92. The highest BCUT2D eigenvalue weighted by Crippen LogP contribution is 2.38. The van der Waals surface area contributed by atoms with Crippen molar-refractivity contribution in [3.05, 3.63) is 65.7 Å². The first-order valence-electron chi connectivity index (χ1n) is 7.37. The Morgan fingerprint density at radius 2 is 1.91 bits per heavy atom. The normalized spacial score (nSPS) is 23.3. The van der Waals surface area contributed by atoms with E-state index in [1.54, 1.807) is 12.1 Å². The largest absolute Gasteiger partial charge is 0.485 e. The van der Waals surface area contributed by atoms with E-state index in [0.717, 1.165) is 5.56 Å². The molecule has 114 valence electrons. The third-order valence-corrected chi connectivity index (χ3v) is 3.92. The Morgan fingerprint density at radius 3 is 2.68 bits per heavy atom. The maximum absolute atomic E-state index is 12.1. The van der Waals surface area contributed by atoms with Crippen molar-refractivity contribution in [2.24, 2.45) is 0 Å². The van der Waals surface area contributed by atoms with Crippen molar-refractivity contribution in [3.8, 4) is 5.75 Å². The number of aliphatic hydroxyl groups is 1. The van der Waals surface area contributed by atoms with Gasteiger partial charge >= 0.3 is 0 Å². The maximum atomic E-state index is 12.1. The van der Waals surface area contributed by atoms with Crippen molar-refractivity contribution in [2.75, 3.05) is 6.54 Å². The molecule has 1 aliphatic rings. The van der Waals surface area contributed by atoms with Gasteiger partial charge in [-0.2, -0.15) is 0 Å². The zero-order valence-electron chi connectivity index (χ0n) is 12.5. The lowest BCUT2D eigenvalue weighted by Crippen LogP contribution is -2.48. The minimum Gasteiger partial charge on any atom is -0.485 e. The van der Waals surface area contributed by atoms with Gasteiger partial charge in [0, 0.05) is 17.5 Å². The van der Waals surface area contributed by atoms with Crippen molar-refractivity contribution >= 4 is 5.91 Å². The zero-order chi connectivity index (χ0) is 15.6. The van der Waals surface area contributed by atoms with Gasteiger partial charge in [0.05, 0.1) is 12.6 Å². The molecule has 2 aromatic rings. The topological polar surface area (TPSA) is 58.6 Å². The number of ether oxygens (including phenoxy) is 1. The molecule has 0 spiro atoms. The highest BCUT2D eigenvalue weighted by atomic mass is 16.5. The first-order chi connectivity index (χ1) is 10.6. The van der Waals surface area contributed by atoms with E-state index in [1.807, 2.05) is 49.4 Å². The fraction of sp³-hybridized carbons (Fsp3) is 0.278. The van der Waals surface area contributed by atoms with E-state index < -0.39 is 11.7 Å². The van der Waals surface area contributed by atoms with Gasteiger partial charge in [0.1, 0.15) is 11.4 Å². The number of benzene rings is 2. The molecule has 22 heavy (non-hydrogen) atoms. The van der Waals surface area contributed by atoms with Crippen molar-refractivity contribution in [3.63, 3.8) is 0 Å². The van der Waals surface area contributed by atoms with Crippen LogP contribution in [0.2, 0.25) is 0 Å². The van der Waals surface area contributed by atoms with Gasteiger partial charge < -0.3 is 15.2 Å². The molecule has 0 radical (unpaired) electrons. The molecule has 0 saturated carbocycles. The Kier molecular flexibility index (Phi) is 3.86. The minimum atomic E-state index is -0.627. The van der Waals surface area contributed by atoms with Crippen LogP contribution < -0.4 is 10.1 Å². The number of carbonyl (C=O) groups excluding carboxylic acids is 1. The average molecular weight is 297 g/mol. The number of fused-ring (bicyclic) bond motifs is 1. The van der Waals surface area contributed by atoms with E-state index >= 15 is 0 Å². The number of para-hydroxylation sites is 1. The lowest BCUT2D eigenvalue weighted by atomic mass is 9.90. The van der Waals surface area contributed by atoms with E-state index in [9.17, 15) is 9.90 Å². The summed E-state index contributed by atoms with van der Waals surface area (Å²) in [4.78, 5) is 12.1. The summed E-state index contributed by atoms with van der Waals surface area (Å²) in [7, 11) is 0. The summed E-state index contributed by atoms with van der Waals surface area (Å²) in [6.07, 6.45) is -0.136. The number of amides is 1. The quantitative estimate of drug-likeness (QED) is 0.915. The SMILES string of the molecule is CC1(CNC(=O)c2ccccc2)CC(O)c2ccccc2O1. The number of hydrogen-bond acceptors (Lipinski definition) is 3. The highest BCUT2D eigenvalue weighted by molar-refractivity contribution is 5.94. The molecular formula is C18H19NO3. The van der Waals surface area contributed by atoms with Gasteiger partial charge in [0.15, 0.2) is 0 Å². The summed E-state index contributed by atoms with van der Waals surface area (Å²) in [6.45, 7) is 2.24. The van der Waals surface area contributed by atoms with Crippen LogP contribution in [0.4, 0.5) is 0 Å². The van der Waals surface area contributed by atoms with Crippen LogP contribution in [0.3, 0.4) is 0 Å². The van der Waals surface area contributed by atoms with E-state index in [-0.39, 0.29) is 5.91 Å². The summed E-state index contributed by atoms with van der Waals surface area (Å²) < 4.78 is 6.00. The van der Waals surface area contributed by atoms with Crippen LogP contribution in [0.5, 0.6) is 5.75 Å². The Hall–Kier alpha value is -2.33. The number of hydrogen-bond donors (Lipinski definition) is 2. The molecule has 2 atom stereocenters. The second kappa shape index (κ2) is 5.81. The first kappa shape index (κ1) is 14.6. The predicted octanol–water partition coefficient (Wildman–Crippen LogP) is 2.69. The van der Waals surface area contributed by atoms with Gasteiger partial charge in [-0.3, -0.25) is 4.79 Å². The van der Waals surface area contributed by atoms with Crippen LogP contribution in [-0.4, -0.2) is 23.2 Å². The molecule has 0 saturated heterocycles. The van der Waals surface area contributed by atoms with Gasteiger partial charge in [-0.1, -0.05) is 36.4 Å². The second-order valence-electron chi connectivity index (χ2n) is 5.86. The predicted molar refractivity (Wildman–Crippen MR) is 83.8 cm³/mol. The third kappa shape index (κ3) is 2.97. The fourth-order valence-corrected chi connectivity index (χ4v) is 2.74. The van der Waals surface area contributed by atoms with E-state index in [4.69, 9.17) is 4.74 Å². The van der Waals surface area contributed by atoms with Crippen molar-refractivity contribution in [2.45, 2.75) is 25.0 Å². The Bertz CT molecular complexity index is 671. The lowest BCUT2D eigenvalue weighted by molar-refractivity contribution is -0.000332. The molecule has 0 fully saturated rings. The molecule has 1 heterocycles. The molecule has 1 amide bonds. The molecule has 2 N–H and O–H groups in total. The van der Waals surface area contributed by atoms with Crippen LogP contribution in [0.1, 0.15) is 35.4 Å². The summed E-state index contributed by atoms with van der Waals surface area (Å²) in [5.41, 5.74) is 0.787. The number of carbonyl (C=O) groups is 1. The van der Waals surface area contributed by atoms with Crippen molar-refractivity contribution in [1.29, 1.82) is 0 Å². The average Bonchev–Trinajstić information content (AvgIpc) is 2.53. The van der Waals surface area contributed by atoms with E-state index in [1.165, 1.54) is 0 Å². The van der Waals surface area contributed by atoms with Gasteiger partial charge in [0.25, 0.3) is 5.91 Å². The zero-order valence-corrected chi connectivity index (χ0v) is 12.5. The Labute approximate surface area is 129 Å². The van der Waals surface area contributed by atoms with Crippen LogP contribution in [0, 0.1) is 0 Å². The molecule has 0 aromatic heterocycles. The highest BCUT2D eigenvalue weighted by Gasteiger charge is 2.36. The fourth-order valence-electron chi connectivity index (χ4n) is 2.74. The minimum absolute atomic E-state index is 0.140. The standard InChI is InChI=1S/C18H19NO3/c1-18(12-19-17(21)13-7-3-2-4-8-13)11-15(20)14-9-5-6-10-16(14)22-18/h2-10,15,20H,11-12H2,1H3,(H,19,21). The summed E-state index contributed by atoms with van der Waals surface area (Å²) in [6, 6.07) is 16.5. The maximum Gasteiger partial charge on any atom is 0.251 e. The molecule has 2 unspecified atom stereocenters.